The number of aliphatic hydroxyl groups is 2. The van der Waals surface area contributed by atoms with Crippen LogP contribution in [0.15, 0.2) is 17.1 Å². The second kappa shape index (κ2) is 4.11. The van der Waals surface area contributed by atoms with Crippen molar-refractivity contribution in [3.8, 4) is 0 Å². The van der Waals surface area contributed by atoms with Crippen LogP contribution < -0.4 is 16.4 Å². The molecule has 7 heteroatoms. The number of anilines is 1. The van der Waals surface area contributed by atoms with Gasteiger partial charge in [0.25, 0.3) is 0 Å². The lowest BCUT2D eigenvalue weighted by Crippen LogP contribution is -2.66. The molecular weight excluding hydrogens is 212 g/mol. The highest BCUT2D eigenvalue weighted by atomic mass is 16.3. The third-order valence-electron chi connectivity index (χ3n) is 2.85. The minimum absolute atomic E-state index is 0.00111. The van der Waals surface area contributed by atoms with E-state index in [-0.39, 0.29) is 31.0 Å². The molecule has 0 aromatic carbocycles. The van der Waals surface area contributed by atoms with Crippen LogP contribution in [0.25, 0.3) is 0 Å². The first-order valence-corrected chi connectivity index (χ1v) is 5.01. The fourth-order valence-corrected chi connectivity index (χ4v) is 1.88. The molecule has 1 saturated heterocycles. The number of aromatic nitrogens is 2. The van der Waals surface area contributed by atoms with E-state index in [1.165, 1.54) is 16.9 Å². The van der Waals surface area contributed by atoms with Crippen LogP contribution in [0, 0.1) is 5.92 Å². The first-order valence-electron chi connectivity index (χ1n) is 5.01. The van der Waals surface area contributed by atoms with Crippen LogP contribution >= 0.6 is 0 Å². The van der Waals surface area contributed by atoms with Crippen molar-refractivity contribution < 1.29 is 10.2 Å². The SMILES string of the molecule is Nc1ccn(N2CC(CO)C2CO)c(=O)n1. The van der Waals surface area contributed by atoms with Gasteiger partial charge >= 0.3 is 5.69 Å². The van der Waals surface area contributed by atoms with E-state index in [0.717, 1.165) is 0 Å². The number of nitrogens with two attached hydrogens (primary N) is 1. The molecule has 1 aromatic heterocycles. The third-order valence-corrected chi connectivity index (χ3v) is 2.85. The Morgan fingerprint density at radius 3 is 2.81 bits per heavy atom. The molecule has 2 atom stereocenters. The Balaban J connectivity index is 2.23. The minimum Gasteiger partial charge on any atom is -0.396 e. The van der Waals surface area contributed by atoms with Crippen LogP contribution in [0.2, 0.25) is 0 Å². The highest BCUT2D eigenvalue weighted by Crippen LogP contribution is 2.21. The summed E-state index contributed by atoms with van der Waals surface area (Å²) in [6, 6.07) is 1.27. The average molecular weight is 226 g/mol. The normalized spacial score (nSPS) is 24.2. The van der Waals surface area contributed by atoms with Gasteiger partial charge in [-0.15, -0.1) is 0 Å². The summed E-state index contributed by atoms with van der Waals surface area (Å²) in [6.07, 6.45) is 1.51. The molecule has 1 aromatic rings. The molecule has 1 fully saturated rings. The van der Waals surface area contributed by atoms with Crippen LogP contribution in [0.1, 0.15) is 0 Å². The molecule has 0 bridgehead atoms. The van der Waals surface area contributed by atoms with E-state index < -0.39 is 5.69 Å². The van der Waals surface area contributed by atoms with Crippen molar-refractivity contribution in [3.05, 3.63) is 22.7 Å². The topological polar surface area (TPSA) is 105 Å². The van der Waals surface area contributed by atoms with Crippen molar-refractivity contribution >= 4 is 5.82 Å². The van der Waals surface area contributed by atoms with Gasteiger partial charge in [-0.05, 0) is 6.07 Å². The molecule has 1 aliphatic heterocycles. The predicted molar refractivity (Wildman–Crippen MR) is 57.4 cm³/mol. The molecule has 2 unspecified atom stereocenters. The van der Waals surface area contributed by atoms with Gasteiger partial charge in [-0.25, -0.2) is 9.47 Å². The molecule has 0 radical (unpaired) electrons. The van der Waals surface area contributed by atoms with E-state index in [0.29, 0.717) is 6.54 Å². The summed E-state index contributed by atoms with van der Waals surface area (Å²) in [5.41, 5.74) is 4.90. The Hall–Kier alpha value is -1.60. The Morgan fingerprint density at radius 1 is 1.50 bits per heavy atom. The summed E-state index contributed by atoms with van der Waals surface area (Å²) in [4.78, 5) is 15.1. The van der Waals surface area contributed by atoms with Crippen molar-refractivity contribution in [2.75, 3.05) is 30.5 Å². The zero-order valence-corrected chi connectivity index (χ0v) is 8.65. The zero-order valence-electron chi connectivity index (χ0n) is 8.65. The van der Waals surface area contributed by atoms with Crippen molar-refractivity contribution in [1.82, 2.24) is 9.66 Å². The van der Waals surface area contributed by atoms with Crippen LogP contribution in [0.5, 0.6) is 0 Å². The van der Waals surface area contributed by atoms with Crippen LogP contribution in [-0.2, 0) is 0 Å². The zero-order chi connectivity index (χ0) is 11.7. The maximum Gasteiger partial charge on any atom is 0.368 e. The van der Waals surface area contributed by atoms with Crippen molar-refractivity contribution in [2.45, 2.75) is 6.04 Å². The summed E-state index contributed by atoms with van der Waals surface area (Å²) in [5.74, 6) is 0.162. The number of rotatable bonds is 3. The van der Waals surface area contributed by atoms with Gasteiger partial charge in [-0.2, -0.15) is 4.98 Å². The monoisotopic (exact) mass is 226 g/mol. The quantitative estimate of drug-likeness (QED) is 0.537. The van der Waals surface area contributed by atoms with E-state index in [2.05, 4.69) is 4.98 Å². The molecule has 7 nitrogen and oxygen atoms in total. The molecule has 16 heavy (non-hydrogen) atoms. The molecule has 0 saturated carbocycles. The maximum atomic E-state index is 11.5. The maximum absolute atomic E-state index is 11.5. The first kappa shape index (κ1) is 10.9. The number of nitrogens with zero attached hydrogens (tertiary/aromatic N) is 3. The van der Waals surface area contributed by atoms with Crippen LogP contribution in [0.3, 0.4) is 0 Å². The number of nitrogen functional groups attached to an aromatic ring is 1. The van der Waals surface area contributed by atoms with Gasteiger partial charge in [-0.1, -0.05) is 0 Å². The van der Waals surface area contributed by atoms with Gasteiger partial charge in [0.2, 0.25) is 0 Å². The van der Waals surface area contributed by atoms with Gasteiger partial charge < -0.3 is 21.0 Å². The lowest BCUT2D eigenvalue weighted by molar-refractivity contribution is 0.0873. The lowest BCUT2D eigenvalue weighted by Gasteiger charge is -2.47. The Kier molecular flexibility index (Phi) is 2.80. The Morgan fingerprint density at radius 2 is 2.25 bits per heavy atom. The van der Waals surface area contributed by atoms with Crippen molar-refractivity contribution in [2.24, 2.45) is 5.92 Å². The van der Waals surface area contributed by atoms with E-state index in [1.54, 1.807) is 5.01 Å². The van der Waals surface area contributed by atoms with Gasteiger partial charge in [0.05, 0.1) is 12.6 Å². The minimum atomic E-state index is -0.477. The van der Waals surface area contributed by atoms with Crippen molar-refractivity contribution in [1.29, 1.82) is 0 Å². The molecule has 0 amide bonds. The number of aliphatic hydroxyl groups excluding tert-OH is 2. The number of hydrogen-bond donors (Lipinski definition) is 3. The second-order valence-electron chi connectivity index (χ2n) is 3.79. The van der Waals surface area contributed by atoms with Crippen LogP contribution in [-0.4, -0.2) is 45.7 Å². The predicted octanol–water partition coefficient (Wildman–Crippen LogP) is -2.25. The highest BCUT2D eigenvalue weighted by molar-refractivity contribution is 5.24. The Bertz CT molecular complexity index is 433. The fourth-order valence-electron chi connectivity index (χ4n) is 1.88. The van der Waals surface area contributed by atoms with E-state index in [1.807, 2.05) is 0 Å². The van der Waals surface area contributed by atoms with Gasteiger partial charge in [0.15, 0.2) is 0 Å². The third kappa shape index (κ3) is 1.63. The van der Waals surface area contributed by atoms with Crippen LogP contribution in [0.4, 0.5) is 5.82 Å². The van der Waals surface area contributed by atoms with E-state index in [9.17, 15) is 4.79 Å². The summed E-state index contributed by atoms with van der Waals surface area (Å²) < 4.78 is 1.31. The van der Waals surface area contributed by atoms with Gasteiger partial charge in [-0.3, -0.25) is 0 Å². The molecule has 1 aliphatic rings. The molecule has 88 valence electrons. The lowest BCUT2D eigenvalue weighted by atomic mass is 9.92. The largest absolute Gasteiger partial charge is 0.396 e. The fraction of sp³-hybridized carbons (Fsp3) is 0.556. The van der Waals surface area contributed by atoms with Gasteiger partial charge in [0, 0.05) is 25.3 Å². The van der Waals surface area contributed by atoms with E-state index >= 15 is 0 Å². The van der Waals surface area contributed by atoms with Crippen molar-refractivity contribution in [3.63, 3.8) is 0 Å². The average Bonchev–Trinajstić information content (AvgIpc) is 2.21. The Labute approximate surface area is 91.7 Å². The smallest absolute Gasteiger partial charge is 0.368 e. The van der Waals surface area contributed by atoms with Gasteiger partial charge in [0.1, 0.15) is 5.82 Å². The first-order chi connectivity index (χ1) is 7.67. The van der Waals surface area contributed by atoms with E-state index in [4.69, 9.17) is 15.9 Å². The molecule has 0 spiro atoms. The summed E-state index contributed by atoms with van der Waals surface area (Å²) >= 11 is 0. The highest BCUT2D eigenvalue weighted by Gasteiger charge is 2.38. The summed E-state index contributed by atoms with van der Waals surface area (Å²) in [6.45, 7) is 0.411. The summed E-state index contributed by atoms with van der Waals surface area (Å²) in [7, 11) is 0. The molecule has 4 N–H and O–H groups in total. The molecule has 0 aliphatic carbocycles. The second-order valence-corrected chi connectivity index (χ2v) is 3.79. The standard InChI is InChI=1S/C9H14N4O3/c10-8-1-2-12(9(16)11-8)13-3-6(4-14)7(13)5-15/h1-2,6-7,14-15H,3-5H2,(H2,10,11,16). The summed E-state index contributed by atoms with van der Waals surface area (Å²) in [5, 5.41) is 19.8. The molecule has 2 heterocycles. The number of hydrogen-bond acceptors (Lipinski definition) is 6. The molecule has 2 rings (SSSR count). The molecular formula is C9H14N4O3.